The molecule has 0 bridgehead atoms. The molecule has 2 aromatic rings. The zero-order valence-corrected chi connectivity index (χ0v) is 13.9. The monoisotopic (exact) mass is 382 g/mol. The fourth-order valence-electron chi connectivity index (χ4n) is 1.95. The van der Waals surface area contributed by atoms with Crippen molar-refractivity contribution in [2.45, 2.75) is 5.16 Å². The van der Waals surface area contributed by atoms with Crippen LogP contribution in [0.3, 0.4) is 0 Å². The second kappa shape index (κ2) is 7.74. The van der Waals surface area contributed by atoms with Crippen LogP contribution in [0, 0.1) is 17.0 Å². The normalized spacial score (nSPS) is 11.3. The van der Waals surface area contributed by atoms with Crippen molar-refractivity contribution >= 4 is 35.3 Å². The summed E-state index contributed by atoms with van der Waals surface area (Å²) in [6, 6.07) is 1.60. The molecule has 9 nitrogen and oxygen atoms in total. The lowest BCUT2D eigenvalue weighted by molar-refractivity contribution is 0.102. The lowest BCUT2D eigenvalue weighted by Gasteiger charge is -2.10. The molecule has 0 aliphatic rings. The number of nitrogens with one attached hydrogen (secondary N) is 3. The topological polar surface area (TPSA) is 157 Å². The number of hydrogen-bond donors (Lipinski definition) is 5. The van der Waals surface area contributed by atoms with Gasteiger partial charge in [0.05, 0.1) is 0 Å². The van der Waals surface area contributed by atoms with Crippen LogP contribution in [0.2, 0.25) is 0 Å². The van der Waals surface area contributed by atoms with E-state index in [0.29, 0.717) is 6.21 Å². The highest BCUT2D eigenvalue weighted by molar-refractivity contribution is 7.98. The first kappa shape index (κ1) is 19.1. The Morgan fingerprint density at radius 1 is 1.46 bits per heavy atom. The van der Waals surface area contributed by atoms with E-state index in [-0.39, 0.29) is 16.4 Å². The summed E-state index contributed by atoms with van der Waals surface area (Å²) in [4.78, 5) is 29.8. The zero-order valence-electron chi connectivity index (χ0n) is 13.1. The fraction of sp³-hybridized carbons (Fsp3) is 0.0714. The molecule has 0 atom stereocenters. The van der Waals surface area contributed by atoms with Crippen LogP contribution in [0.1, 0.15) is 15.9 Å². The number of halogens is 2. The summed E-state index contributed by atoms with van der Waals surface area (Å²) in [5.74, 6) is 0.492. The van der Waals surface area contributed by atoms with E-state index >= 15 is 0 Å². The molecule has 0 saturated heterocycles. The van der Waals surface area contributed by atoms with Crippen LogP contribution in [0.25, 0.3) is 0 Å². The molecule has 0 saturated carbocycles. The van der Waals surface area contributed by atoms with E-state index in [1.165, 1.54) is 0 Å². The number of nitrogens with two attached hydrogens (primary N) is 1. The number of H-pyrrole nitrogens is 1. The van der Waals surface area contributed by atoms with E-state index in [2.05, 4.69) is 15.1 Å². The number of aromatic hydroxyl groups is 1. The van der Waals surface area contributed by atoms with Gasteiger partial charge < -0.3 is 26.7 Å². The van der Waals surface area contributed by atoms with Crippen molar-refractivity contribution in [1.29, 1.82) is 5.41 Å². The Hall–Kier alpha value is -3.28. The van der Waals surface area contributed by atoms with Gasteiger partial charge in [-0.1, -0.05) is 11.8 Å². The highest BCUT2D eigenvalue weighted by Crippen LogP contribution is 2.23. The Labute approximate surface area is 148 Å². The molecule has 0 aliphatic heterocycles. The summed E-state index contributed by atoms with van der Waals surface area (Å²) < 4.78 is 28.3. The highest BCUT2D eigenvalue weighted by atomic mass is 32.2. The number of anilines is 1. The number of aromatic nitrogens is 2. The van der Waals surface area contributed by atoms with Gasteiger partial charge in [-0.3, -0.25) is 9.59 Å². The van der Waals surface area contributed by atoms with Gasteiger partial charge in [0, 0.05) is 11.8 Å². The number of benzene rings is 1. The first-order chi connectivity index (χ1) is 12.3. The van der Waals surface area contributed by atoms with E-state index < -0.39 is 40.2 Å². The number of carbonyl (C=O) groups excluding carboxylic acids is 1. The van der Waals surface area contributed by atoms with Gasteiger partial charge in [0.25, 0.3) is 11.5 Å². The van der Waals surface area contributed by atoms with Gasteiger partial charge in [0.1, 0.15) is 23.0 Å². The first-order valence-electron chi connectivity index (χ1n) is 6.78. The summed E-state index contributed by atoms with van der Waals surface area (Å²) in [6.07, 6.45) is 2.28. The molecule has 1 aromatic heterocycles. The number of carbonyl (C=O) groups is 1. The minimum atomic E-state index is -1.26. The minimum absolute atomic E-state index is 0.0611. The Balaban J connectivity index is 2.42. The predicted octanol–water partition coefficient (Wildman–Crippen LogP) is 1.04. The van der Waals surface area contributed by atoms with Gasteiger partial charge in [0.15, 0.2) is 10.7 Å². The van der Waals surface area contributed by atoms with Crippen molar-refractivity contribution in [3.63, 3.8) is 0 Å². The largest absolute Gasteiger partial charge is 0.493 e. The van der Waals surface area contributed by atoms with Crippen molar-refractivity contribution in [3.05, 3.63) is 45.2 Å². The third-order valence-corrected chi connectivity index (χ3v) is 3.73. The lowest BCUT2D eigenvalue weighted by atomic mass is 10.1. The number of hydrazone groups is 1. The maximum atomic E-state index is 14.1. The van der Waals surface area contributed by atoms with E-state index in [9.17, 15) is 23.5 Å². The number of amides is 1. The second-order valence-electron chi connectivity index (χ2n) is 4.70. The SMILES string of the molecule is CSc1nc(O)c(C(=O)Nc2c(F)cc(C(C=N)=NN)cc2F)c(=O)[nH]1. The Bertz CT molecular complexity index is 953. The summed E-state index contributed by atoms with van der Waals surface area (Å²) in [5, 5.41) is 21.9. The minimum Gasteiger partial charge on any atom is -0.493 e. The maximum absolute atomic E-state index is 14.1. The van der Waals surface area contributed by atoms with Crippen LogP contribution in [0.4, 0.5) is 14.5 Å². The molecule has 1 amide bonds. The van der Waals surface area contributed by atoms with E-state index in [1.807, 2.05) is 5.32 Å². The maximum Gasteiger partial charge on any atom is 0.268 e. The molecule has 2 rings (SSSR count). The quantitative estimate of drug-likeness (QED) is 0.171. The van der Waals surface area contributed by atoms with E-state index in [1.54, 1.807) is 6.26 Å². The Morgan fingerprint density at radius 2 is 2.08 bits per heavy atom. The molecule has 136 valence electrons. The Kier molecular flexibility index (Phi) is 5.67. The summed E-state index contributed by atoms with van der Waals surface area (Å²) in [6.45, 7) is 0. The van der Waals surface area contributed by atoms with Gasteiger partial charge in [-0.05, 0) is 18.4 Å². The van der Waals surface area contributed by atoms with Crippen LogP contribution in [-0.2, 0) is 0 Å². The molecule has 0 fully saturated rings. The van der Waals surface area contributed by atoms with Crippen molar-refractivity contribution in [2.24, 2.45) is 10.9 Å². The molecule has 12 heteroatoms. The van der Waals surface area contributed by atoms with Gasteiger partial charge >= 0.3 is 0 Å². The van der Waals surface area contributed by atoms with Crippen molar-refractivity contribution < 1.29 is 18.7 Å². The van der Waals surface area contributed by atoms with Crippen LogP contribution in [0.15, 0.2) is 27.2 Å². The predicted molar refractivity (Wildman–Crippen MR) is 92.1 cm³/mol. The molecule has 26 heavy (non-hydrogen) atoms. The summed E-state index contributed by atoms with van der Waals surface area (Å²) >= 11 is 1.02. The van der Waals surface area contributed by atoms with Crippen LogP contribution < -0.4 is 16.7 Å². The number of nitrogens with zero attached hydrogens (tertiary/aromatic N) is 2. The molecule has 1 aromatic carbocycles. The molecular formula is C14H12F2N6O3S. The van der Waals surface area contributed by atoms with Crippen LogP contribution in [0.5, 0.6) is 5.88 Å². The number of rotatable bonds is 5. The van der Waals surface area contributed by atoms with Gasteiger partial charge in [-0.2, -0.15) is 10.1 Å². The molecule has 0 unspecified atom stereocenters. The van der Waals surface area contributed by atoms with Crippen molar-refractivity contribution in [2.75, 3.05) is 11.6 Å². The zero-order chi connectivity index (χ0) is 19.4. The third-order valence-electron chi connectivity index (χ3n) is 3.15. The Morgan fingerprint density at radius 3 is 2.54 bits per heavy atom. The average Bonchev–Trinajstić information content (AvgIpc) is 2.58. The van der Waals surface area contributed by atoms with Crippen LogP contribution in [-0.4, -0.2) is 39.2 Å². The fourth-order valence-corrected chi connectivity index (χ4v) is 2.33. The smallest absolute Gasteiger partial charge is 0.268 e. The van der Waals surface area contributed by atoms with E-state index in [4.69, 9.17) is 11.3 Å². The number of hydrogen-bond acceptors (Lipinski definition) is 8. The van der Waals surface area contributed by atoms with Gasteiger partial charge in [-0.25, -0.2) is 8.78 Å². The van der Waals surface area contributed by atoms with Crippen molar-refractivity contribution in [1.82, 2.24) is 9.97 Å². The number of thioether (sulfide) groups is 1. The number of aromatic amines is 1. The van der Waals surface area contributed by atoms with Gasteiger partial charge in [-0.15, -0.1) is 0 Å². The lowest BCUT2D eigenvalue weighted by Crippen LogP contribution is -2.25. The molecule has 0 spiro atoms. The van der Waals surface area contributed by atoms with E-state index in [0.717, 1.165) is 23.9 Å². The summed E-state index contributed by atoms with van der Waals surface area (Å²) in [5.41, 5.74) is -2.94. The average molecular weight is 382 g/mol. The van der Waals surface area contributed by atoms with Crippen molar-refractivity contribution in [3.8, 4) is 5.88 Å². The molecule has 0 aliphatic carbocycles. The van der Waals surface area contributed by atoms with Gasteiger partial charge in [0.2, 0.25) is 5.88 Å². The molecule has 1 heterocycles. The summed E-state index contributed by atoms with van der Waals surface area (Å²) in [7, 11) is 0. The van der Waals surface area contributed by atoms with Crippen LogP contribution >= 0.6 is 11.8 Å². The molecular weight excluding hydrogens is 370 g/mol. The highest BCUT2D eigenvalue weighted by Gasteiger charge is 2.22. The second-order valence-corrected chi connectivity index (χ2v) is 5.50. The molecule has 0 radical (unpaired) electrons. The first-order valence-corrected chi connectivity index (χ1v) is 8.01. The standard InChI is InChI=1S/C14H12F2N6O3S/c1-26-14-20-12(24)9(13(25)21-14)11(23)19-10-6(15)2-5(3-7(10)16)8(4-17)22-18/h2-4,17H,18H2,1H3,(H,19,23)(H2,20,21,24,25). The molecule has 6 N–H and O–H groups in total. The third kappa shape index (κ3) is 3.69.